The van der Waals surface area contributed by atoms with Gasteiger partial charge in [-0.1, -0.05) is 46.3 Å². The van der Waals surface area contributed by atoms with Crippen molar-refractivity contribution in [3.63, 3.8) is 0 Å². The Morgan fingerprint density at radius 3 is 2.54 bits per heavy atom. The van der Waals surface area contributed by atoms with E-state index in [2.05, 4.69) is 15.9 Å². The quantitative estimate of drug-likeness (QED) is 0.711. The third-order valence-corrected chi connectivity index (χ3v) is 5.80. The second-order valence-corrected chi connectivity index (χ2v) is 7.86. The maximum Gasteiger partial charge on any atom is 0.317 e. The average Bonchev–Trinajstić information content (AvgIpc) is 3.48. The average molecular weight is 414 g/mol. The number of hydrogen-bond acceptors (Lipinski definition) is 3. The van der Waals surface area contributed by atoms with Crippen molar-refractivity contribution in [2.75, 3.05) is 18.1 Å². The van der Waals surface area contributed by atoms with Crippen molar-refractivity contribution in [3.8, 4) is 0 Å². The van der Waals surface area contributed by atoms with Crippen LogP contribution in [0.2, 0.25) is 0 Å². The molecule has 0 spiro atoms. The fourth-order valence-electron chi connectivity index (χ4n) is 3.64. The topological polar surface area (TPSA) is 46.6 Å². The van der Waals surface area contributed by atoms with Crippen molar-refractivity contribution < 1.29 is 14.3 Å². The van der Waals surface area contributed by atoms with Gasteiger partial charge in [0.1, 0.15) is 0 Å². The lowest BCUT2D eigenvalue weighted by Gasteiger charge is -2.29. The summed E-state index contributed by atoms with van der Waals surface area (Å²) in [6, 6.07) is 15.7. The Bertz CT molecular complexity index is 843. The van der Waals surface area contributed by atoms with Crippen LogP contribution in [0.5, 0.6) is 0 Å². The molecular weight excluding hydrogens is 394 g/mol. The fourth-order valence-corrected chi connectivity index (χ4v) is 3.90. The van der Waals surface area contributed by atoms with Crippen LogP contribution in [0, 0.1) is 0 Å². The predicted octanol–water partition coefficient (Wildman–Crippen LogP) is 4.00. The van der Waals surface area contributed by atoms with Crippen LogP contribution in [-0.2, 0) is 26.2 Å². The number of halogens is 1. The minimum atomic E-state index is -0.569. The van der Waals surface area contributed by atoms with Gasteiger partial charge in [0.2, 0.25) is 0 Å². The van der Waals surface area contributed by atoms with E-state index < -0.39 is 5.41 Å². The highest BCUT2D eigenvalue weighted by atomic mass is 79.9. The Morgan fingerprint density at radius 2 is 1.81 bits per heavy atom. The Hall–Kier alpha value is -2.14. The van der Waals surface area contributed by atoms with E-state index in [1.165, 1.54) is 5.56 Å². The van der Waals surface area contributed by atoms with Crippen molar-refractivity contribution in [1.82, 2.24) is 0 Å². The molecule has 134 valence electrons. The number of rotatable bonds is 4. The van der Waals surface area contributed by atoms with Crippen LogP contribution in [0.3, 0.4) is 0 Å². The summed E-state index contributed by atoms with van der Waals surface area (Å²) < 4.78 is 6.42. The molecule has 5 heteroatoms. The molecule has 0 N–H and O–H groups in total. The number of carbonyl (C=O) groups is 2. The van der Waals surface area contributed by atoms with Crippen LogP contribution in [0.25, 0.3) is 0 Å². The fraction of sp³-hybridized carbons (Fsp3) is 0.333. The van der Waals surface area contributed by atoms with Gasteiger partial charge in [-0.15, -0.1) is 0 Å². The lowest BCUT2D eigenvalue weighted by molar-refractivity contribution is -0.150. The lowest BCUT2D eigenvalue weighted by atomic mass is 9.96. The highest BCUT2D eigenvalue weighted by molar-refractivity contribution is 9.10. The van der Waals surface area contributed by atoms with Crippen LogP contribution < -0.4 is 4.90 Å². The molecule has 1 amide bonds. The van der Waals surface area contributed by atoms with Crippen molar-refractivity contribution in [2.45, 2.75) is 31.1 Å². The summed E-state index contributed by atoms with van der Waals surface area (Å²) in [5, 5.41) is 0. The zero-order chi connectivity index (χ0) is 18.1. The summed E-state index contributed by atoms with van der Waals surface area (Å²) in [4.78, 5) is 27.0. The minimum Gasteiger partial charge on any atom is -0.455 e. The molecule has 1 fully saturated rings. The van der Waals surface area contributed by atoms with E-state index in [1.807, 2.05) is 48.5 Å². The van der Waals surface area contributed by atoms with Gasteiger partial charge in [0.25, 0.3) is 5.91 Å². The molecule has 1 heterocycles. The SMILES string of the molecule is O=C(COC(=O)C1(c2ccc(Br)cc2)CC1)N1CCCc2ccccc21. The number of amides is 1. The van der Waals surface area contributed by atoms with Gasteiger partial charge in [-0.25, -0.2) is 0 Å². The maximum absolute atomic E-state index is 12.6. The van der Waals surface area contributed by atoms with E-state index in [0.29, 0.717) is 6.54 Å². The van der Waals surface area contributed by atoms with Crippen LogP contribution in [0.15, 0.2) is 53.0 Å². The lowest BCUT2D eigenvalue weighted by Crippen LogP contribution is -2.39. The first-order valence-electron chi connectivity index (χ1n) is 8.92. The Labute approximate surface area is 161 Å². The molecule has 2 aliphatic rings. The number of ether oxygens (including phenoxy) is 1. The summed E-state index contributed by atoms with van der Waals surface area (Å²) in [6.07, 6.45) is 3.45. The monoisotopic (exact) mass is 413 g/mol. The summed E-state index contributed by atoms with van der Waals surface area (Å²) >= 11 is 3.41. The zero-order valence-corrected chi connectivity index (χ0v) is 16.0. The van der Waals surface area contributed by atoms with Gasteiger partial charge >= 0.3 is 5.97 Å². The first-order chi connectivity index (χ1) is 12.6. The Balaban J connectivity index is 1.42. The molecule has 0 aromatic heterocycles. The molecule has 4 nitrogen and oxygen atoms in total. The van der Waals surface area contributed by atoms with Crippen molar-refractivity contribution >= 4 is 33.5 Å². The zero-order valence-electron chi connectivity index (χ0n) is 14.4. The molecule has 0 unspecified atom stereocenters. The van der Waals surface area contributed by atoms with Crippen molar-refractivity contribution in [1.29, 1.82) is 0 Å². The van der Waals surface area contributed by atoms with Gasteiger partial charge in [-0.3, -0.25) is 9.59 Å². The molecule has 2 aromatic rings. The number of nitrogens with zero attached hydrogens (tertiary/aromatic N) is 1. The smallest absolute Gasteiger partial charge is 0.317 e. The second-order valence-electron chi connectivity index (χ2n) is 6.94. The van der Waals surface area contributed by atoms with Crippen LogP contribution in [0.4, 0.5) is 5.69 Å². The standard InChI is InChI=1S/C21H20BrNO3/c22-17-9-7-16(8-10-17)21(11-12-21)20(25)26-14-19(24)23-13-3-5-15-4-1-2-6-18(15)23/h1-2,4,6-10H,3,5,11-14H2. The van der Waals surface area contributed by atoms with Gasteiger partial charge < -0.3 is 9.64 Å². The predicted molar refractivity (Wildman–Crippen MR) is 103 cm³/mol. The van der Waals surface area contributed by atoms with Gasteiger partial charge in [0, 0.05) is 16.7 Å². The third kappa shape index (κ3) is 3.16. The number of benzene rings is 2. The van der Waals surface area contributed by atoms with Crippen LogP contribution in [0.1, 0.15) is 30.4 Å². The molecule has 0 radical (unpaired) electrons. The number of hydrogen-bond donors (Lipinski definition) is 0. The normalized spacial score (nSPS) is 17.3. The number of aryl methyl sites for hydroxylation is 1. The van der Waals surface area contributed by atoms with E-state index in [0.717, 1.165) is 41.4 Å². The first kappa shape index (κ1) is 17.3. The number of carbonyl (C=O) groups excluding carboxylic acids is 2. The largest absolute Gasteiger partial charge is 0.455 e. The molecule has 0 atom stereocenters. The van der Waals surface area contributed by atoms with Gasteiger partial charge in [-0.2, -0.15) is 0 Å². The van der Waals surface area contributed by atoms with Crippen molar-refractivity contribution in [3.05, 3.63) is 64.1 Å². The van der Waals surface area contributed by atoms with E-state index >= 15 is 0 Å². The molecule has 2 aromatic carbocycles. The molecule has 0 bridgehead atoms. The van der Waals surface area contributed by atoms with E-state index in [1.54, 1.807) is 4.90 Å². The van der Waals surface area contributed by atoms with Gasteiger partial charge in [0.15, 0.2) is 6.61 Å². The van der Waals surface area contributed by atoms with E-state index in [9.17, 15) is 9.59 Å². The van der Waals surface area contributed by atoms with Crippen molar-refractivity contribution in [2.24, 2.45) is 0 Å². The Kier molecular flexibility index (Phi) is 4.57. The minimum absolute atomic E-state index is 0.155. The highest BCUT2D eigenvalue weighted by Gasteiger charge is 2.53. The molecule has 26 heavy (non-hydrogen) atoms. The summed E-state index contributed by atoms with van der Waals surface area (Å²) in [7, 11) is 0. The van der Waals surface area contributed by atoms with Gasteiger partial charge in [0.05, 0.1) is 5.41 Å². The molecular formula is C21H20BrNO3. The number of anilines is 1. The molecule has 4 rings (SSSR count). The highest BCUT2D eigenvalue weighted by Crippen LogP contribution is 2.49. The summed E-state index contributed by atoms with van der Waals surface area (Å²) in [6.45, 7) is 0.469. The summed E-state index contributed by atoms with van der Waals surface area (Å²) in [5.74, 6) is -0.449. The molecule has 1 aliphatic heterocycles. The maximum atomic E-state index is 12.6. The number of para-hydroxylation sites is 1. The number of fused-ring (bicyclic) bond motifs is 1. The molecule has 1 aliphatic carbocycles. The summed E-state index contributed by atoms with van der Waals surface area (Å²) in [5.41, 5.74) is 2.50. The van der Waals surface area contributed by atoms with Gasteiger partial charge in [-0.05, 0) is 55.0 Å². The van der Waals surface area contributed by atoms with Crippen LogP contribution >= 0.6 is 15.9 Å². The van der Waals surface area contributed by atoms with E-state index in [4.69, 9.17) is 4.74 Å². The third-order valence-electron chi connectivity index (χ3n) is 5.28. The first-order valence-corrected chi connectivity index (χ1v) is 9.71. The Morgan fingerprint density at radius 1 is 1.08 bits per heavy atom. The second kappa shape index (κ2) is 6.88. The molecule has 1 saturated carbocycles. The van der Waals surface area contributed by atoms with E-state index in [-0.39, 0.29) is 18.5 Å². The molecule has 0 saturated heterocycles. The number of esters is 1. The van der Waals surface area contributed by atoms with Crippen LogP contribution in [-0.4, -0.2) is 25.0 Å².